The average Bonchev–Trinajstić information content (AvgIpc) is 2.48. The van der Waals surface area contributed by atoms with Crippen LogP contribution in [0.3, 0.4) is 0 Å². The summed E-state index contributed by atoms with van der Waals surface area (Å²) in [6.45, 7) is 2.60. The van der Waals surface area contributed by atoms with Gasteiger partial charge in [0.2, 0.25) is 0 Å². The molecule has 0 radical (unpaired) electrons. The number of nitrogen functional groups attached to an aromatic ring is 1. The molecule has 1 amide bonds. The number of ether oxygens (including phenoxy) is 1. The van der Waals surface area contributed by atoms with Gasteiger partial charge in [0, 0.05) is 19.2 Å². The van der Waals surface area contributed by atoms with Crippen molar-refractivity contribution in [3.05, 3.63) is 59.2 Å². The van der Waals surface area contributed by atoms with Crippen molar-refractivity contribution < 1.29 is 9.53 Å². The number of hydrogen-bond acceptors (Lipinski definition) is 3. The summed E-state index contributed by atoms with van der Waals surface area (Å²) in [7, 11) is 3.33. The molecule has 0 aliphatic heterocycles. The largest absolute Gasteiger partial charge is 0.495 e. The first kappa shape index (κ1) is 14.9. The number of aryl methyl sites for hydroxylation is 1. The van der Waals surface area contributed by atoms with E-state index in [2.05, 4.69) is 0 Å². The van der Waals surface area contributed by atoms with E-state index in [1.807, 2.05) is 31.2 Å². The highest BCUT2D eigenvalue weighted by atomic mass is 16.5. The second-order valence-electron chi connectivity index (χ2n) is 5.10. The molecule has 4 nitrogen and oxygen atoms in total. The Hall–Kier alpha value is -2.49. The van der Waals surface area contributed by atoms with Crippen LogP contribution < -0.4 is 10.5 Å². The summed E-state index contributed by atoms with van der Waals surface area (Å²) < 4.78 is 5.10. The van der Waals surface area contributed by atoms with Crippen LogP contribution in [-0.2, 0) is 6.54 Å². The molecule has 21 heavy (non-hydrogen) atoms. The molecule has 0 fully saturated rings. The molecule has 2 N–H and O–H groups in total. The molecule has 2 rings (SSSR count). The van der Waals surface area contributed by atoms with E-state index in [4.69, 9.17) is 10.5 Å². The normalized spacial score (nSPS) is 10.2. The van der Waals surface area contributed by atoms with Crippen LogP contribution in [0.5, 0.6) is 5.75 Å². The number of carbonyl (C=O) groups excluding carboxylic acids is 1. The van der Waals surface area contributed by atoms with Crippen LogP contribution in [-0.4, -0.2) is 25.0 Å². The fourth-order valence-electron chi connectivity index (χ4n) is 2.13. The molecule has 0 aliphatic carbocycles. The maximum absolute atomic E-state index is 12.4. The monoisotopic (exact) mass is 284 g/mol. The van der Waals surface area contributed by atoms with E-state index < -0.39 is 0 Å². The molecule has 0 spiro atoms. The Morgan fingerprint density at radius 1 is 1.19 bits per heavy atom. The van der Waals surface area contributed by atoms with Gasteiger partial charge in [-0.05, 0) is 30.7 Å². The first-order valence-electron chi connectivity index (χ1n) is 6.76. The molecule has 110 valence electrons. The van der Waals surface area contributed by atoms with E-state index in [0.717, 1.165) is 5.56 Å². The minimum Gasteiger partial charge on any atom is -0.495 e. The van der Waals surface area contributed by atoms with Crippen LogP contribution in [0.4, 0.5) is 5.69 Å². The Labute approximate surface area is 125 Å². The van der Waals surface area contributed by atoms with Crippen LogP contribution in [0.25, 0.3) is 0 Å². The Morgan fingerprint density at radius 2 is 1.86 bits per heavy atom. The van der Waals surface area contributed by atoms with Crippen LogP contribution in [0.15, 0.2) is 42.5 Å². The molecule has 0 saturated heterocycles. The van der Waals surface area contributed by atoms with Gasteiger partial charge in [-0.25, -0.2) is 0 Å². The maximum atomic E-state index is 12.4. The lowest BCUT2D eigenvalue weighted by Crippen LogP contribution is -2.26. The minimum atomic E-state index is -0.0649. The third-order valence-corrected chi connectivity index (χ3v) is 3.36. The zero-order valence-electron chi connectivity index (χ0n) is 12.6. The van der Waals surface area contributed by atoms with Crippen LogP contribution in [0.1, 0.15) is 21.5 Å². The summed E-state index contributed by atoms with van der Waals surface area (Å²) in [5.74, 6) is 0.512. The van der Waals surface area contributed by atoms with Crippen molar-refractivity contribution in [2.75, 3.05) is 19.9 Å². The number of nitrogens with two attached hydrogens (primary N) is 1. The summed E-state index contributed by atoms with van der Waals surface area (Å²) in [5, 5.41) is 0. The first-order chi connectivity index (χ1) is 10.0. The van der Waals surface area contributed by atoms with Crippen molar-refractivity contribution >= 4 is 11.6 Å². The van der Waals surface area contributed by atoms with Gasteiger partial charge in [0.15, 0.2) is 0 Å². The second-order valence-corrected chi connectivity index (χ2v) is 5.10. The Balaban J connectivity index is 2.11. The molecular formula is C17H20N2O2. The summed E-state index contributed by atoms with van der Waals surface area (Å²) in [6.07, 6.45) is 0. The number of rotatable bonds is 4. The highest BCUT2D eigenvalue weighted by Gasteiger charge is 2.13. The molecule has 0 saturated carbocycles. The topological polar surface area (TPSA) is 55.6 Å². The fourth-order valence-corrected chi connectivity index (χ4v) is 2.13. The van der Waals surface area contributed by atoms with E-state index in [-0.39, 0.29) is 5.91 Å². The highest BCUT2D eigenvalue weighted by Crippen LogP contribution is 2.22. The molecule has 0 unspecified atom stereocenters. The van der Waals surface area contributed by atoms with Crippen molar-refractivity contribution in [1.82, 2.24) is 4.90 Å². The molecular weight excluding hydrogens is 264 g/mol. The lowest BCUT2D eigenvalue weighted by Gasteiger charge is -2.18. The number of amides is 1. The summed E-state index contributed by atoms with van der Waals surface area (Å²) in [4.78, 5) is 14.1. The highest BCUT2D eigenvalue weighted by molar-refractivity contribution is 5.95. The van der Waals surface area contributed by atoms with E-state index in [0.29, 0.717) is 23.5 Å². The number of carbonyl (C=O) groups is 1. The molecule has 0 aliphatic rings. The lowest BCUT2D eigenvalue weighted by atomic mass is 10.1. The van der Waals surface area contributed by atoms with Gasteiger partial charge in [0.25, 0.3) is 5.91 Å². The van der Waals surface area contributed by atoms with Crippen LogP contribution in [0.2, 0.25) is 0 Å². The SMILES string of the molecule is COc1ccc(C(=O)N(C)Cc2ccc(C)cc2)cc1N. The van der Waals surface area contributed by atoms with E-state index in [1.54, 1.807) is 37.3 Å². The predicted octanol–water partition coefficient (Wildman–Crippen LogP) is 2.86. The van der Waals surface area contributed by atoms with E-state index in [9.17, 15) is 4.79 Å². The molecule has 4 heteroatoms. The molecule has 2 aromatic carbocycles. The quantitative estimate of drug-likeness (QED) is 0.878. The van der Waals surface area contributed by atoms with Gasteiger partial charge in [-0.2, -0.15) is 0 Å². The van der Waals surface area contributed by atoms with Crippen molar-refractivity contribution in [2.45, 2.75) is 13.5 Å². The number of anilines is 1. The third-order valence-electron chi connectivity index (χ3n) is 3.36. The summed E-state index contributed by atoms with van der Waals surface area (Å²) in [6, 6.07) is 13.2. The van der Waals surface area contributed by atoms with E-state index in [1.165, 1.54) is 5.56 Å². The lowest BCUT2D eigenvalue weighted by molar-refractivity contribution is 0.0785. The van der Waals surface area contributed by atoms with Crippen molar-refractivity contribution in [3.8, 4) is 5.75 Å². The molecule has 0 bridgehead atoms. The Bertz CT molecular complexity index is 636. The molecule has 0 atom stereocenters. The number of benzene rings is 2. The second kappa shape index (κ2) is 6.31. The smallest absolute Gasteiger partial charge is 0.253 e. The maximum Gasteiger partial charge on any atom is 0.253 e. The van der Waals surface area contributed by atoms with Gasteiger partial charge in [-0.3, -0.25) is 4.79 Å². The molecule has 2 aromatic rings. The van der Waals surface area contributed by atoms with Gasteiger partial charge in [-0.1, -0.05) is 29.8 Å². The van der Waals surface area contributed by atoms with Gasteiger partial charge in [0.1, 0.15) is 5.75 Å². The third kappa shape index (κ3) is 3.54. The van der Waals surface area contributed by atoms with Crippen molar-refractivity contribution in [1.29, 1.82) is 0 Å². The standard InChI is InChI=1S/C17H20N2O2/c1-12-4-6-13(7-5-12)11-19(2)17(20)14-8-9-16(21-3)15(18)10-14/h4-10H,11,18H2,1-3H3. The minimum absolute atomic E-state index is 0.0649. The van der Waals surface area contributed by atoms with Gasteiger partial charge >= 0.3 is 0 Å². The Morgan fingerprint density at radius 3 is 2.43 bits per heavy atom. The van der Waals surface area contributed by atoms with Gasteiger partial charge < -0.3 is 15.4 Å². The molecule has 0 heterocycles. The van der Waals surface area contributed by atoms with Crippen molar-refractivity contribution in [3.63, 3.8) is 0 Å². The number of hydrogen-bond donors (Lipinski definition) is 1. The fraction of sp³-hybridized carbons (Fsp3) is 0.235. The summed E-state index contributed by atoms with van der Waals surface area (Å²) >= 11 is 0. The van der Waals surface area contributed by atoms with Gasteiger partial charge in [-0.15, -0.1) is 0 Å². The van der Waals surface area contributed by atoms with Crippen LogP contribution in [0, 0.1) is 6.92 Å². The molecule has 0 aromatic heterocycles. The first-order valence-corrected chi connectivity index (χ1v) is 6.76. The summed E-state index contributed by atoms with van der Waals surface area (Å²) in [5.41, 5.74) is 9.17. The van der Waals surface area contributed by atoms with Crippen LogP contribution >= 0.6 is 0 Å². The zero-order chi connectivity index (χ0) is 15.4. The number of methoxy groups -OCH3 is 1. The zero-order valence-corrected chi connectivity index (χ0v) is 12.6. The number of nitrogens with zero attached hydrogens (tertiary/aromatic N) is 1. The predicted molar refractivity (Wildman–Crippen MR) is 84.4 cm³/mol. The van der Waals surface area contributed by atoms with E-state index >= 15 is 0 Å². The Kier molecular flexibility index (Phi) is 4.48. The van der Waals surface area contributed by atoms with Gasteiger partial charge in [0.05, 0.1) is 12.8 Å². The van der Waals surface area contributed by atoms with Crippen molar-refractivity contribution in [2.24, 2.45) is 0 Å². The average molecular weight is 284 g/mol.